The Bertz CT molecular complexity index is 294. The van der Waals surface area contributed by atoms with Crippen LogP contribution in [0.25, 0.3) is 0 Å². The van der Waals surface area contributed by atoms with Crippen molar-refractivity contribution >= 4 is 17.3 Å². The Kier molecular flexibility index (Phi) is 2.98. The van der Waals surface area contributed by atoms with Crippen LogP contribution in [-0.4, -0.2) is 4.98 Å². The summed E-state index contributed by atoms with van der Waals surface area (Å²) in [6, 6.07) is 1.14. The van der Waals surface area contributed by atoms with E-state index in [1.54, 1.807) is 0 Å². The fourth-order valence-corrected chi connectivity index (χ4v) is 1.02. The lowest BCUT2D eigenvalue weighted by Gasteiger charge is -2.06. The van der Waals surface area contributed by atoms with E-state index in [4.69, 9.17) is 17.3 Å². The summed E-state index contributed by atoms with van der Waals surface area (Å²) in [6.07, 6.45) is -2.96. The van der Waals surface area contributed by atoms with Crippen LogP contribution in [0.3, 0.4) is 0 Å². The maximum Gasteiger partial charge on any atom is 0.270 e. The number of nitrogen functional groups attached to an aromatic ring is 1. The second-order valence-corrected chi connectivity index (χ2v) is 2.61. The average molecular weight is 211 g/mol. The summed E-state index contributed by atoms with van der Waals surface area (Å²) in [7, 11) is 0. The molecule has 0 aliphatic heterocycles. The molecule has 0 aliphatic rings. The molecule has 0 unspecified atom stereocenters. The van der Waals surface area contributed by atoms with Crippen LogP contribution in [0.1, 0.15) is 17.7 Å². The van der Waals surface area contributed by atoms with Gasteiger partial charge in [-0.05, 0) is 6.07 Å². The molecule has 72 valence electrons. The molecular weight excluding hydrogens is 205 g/mol. The highest BCUT2D eigenvalue weighted by Crippen LogP contribution is 2.27. The van der Waals surface area contributed by atoms with Gasteiger partial charge in [0.1, 0.15) is 0 Å². The van der Waals surface area contributed by atoms with E-state index in [-0.39, 0.29) is 17.3 Å². The zero-order chi connectivity index (χ0) is 10.0. The fourth-order valence-electron chi connectivity index (χ4n) is 0.879. The molecule has 0 atom stereocenters. The Labute approximate surface area is 77.5 Å². The molecule has 0 aromatic carbocycles. The van der Waals surface area contributed by atoms with Crippen LogP contribution in [0.5, 0.6) is 0 Å². The largest absolute Gasteiger partial charge is 0.398 e. The Morgan fingerprint density at radius 2 is 2.15 bits per heavy atom. The van der Waals surface area contributed by atoms with Crippen molar-refractivity contribution in [2.75, 3.05) is 5.73 Å². The van der Waals surface area contributed by atoms with E-state index in [0.717, 1.165) is 6.07 Å². The van der Waals surface area contributed by atoms with Gasteiger partial charge in [-0.2, -0.15) is 4.39 Å². The van der Waals surface area contributed by atoms with Gasteiger partial charge >= 0.3 is 0 Å². The van der Waals surface area contributed by atoms with E-state index in [9.17, 15) is 13.2 Å². The number of pyridine rings is 1. The summed E-state index contributed by atoms with van der Waals surface area (Å²) in [6.45, 7) is 0. The Morgan fingerprint density at radius 1 is 1.54 bits per heavy atom. The van der Waals surface area contributed by atoms with Crippen molar-refractivity contribution in [3.63, 3.8) is 0 Å². The molecule has 1 aromatic heterocycles. The van der Waals surface area contributed by atoms with Crippen LogP contribution in [0.15, 0.2) is 6.07 Å². The molecule has 1 aromatic rings. The van der Waals surface area contributed by atoms with Crippen LogP contribution in [-0.2, 0) is 5.88 Å². The lowest BCUT2D eigenvalue weighted by Crippen LogP contribution is -2.03. The SMILES string of the molecule is Nc1cc(CCl)nc(F)c1C(F)F. The predicted molar refractivity (Wildman–Crippen MR) is 43.1 cm³/mol. The number of rotatable bonds is 2. The number of hydrogen-bond donors (Lipinski definition) is 1. The maximum atomic E-state index is 12.8. The zero-order valence-corrected chi connectivity index (χ0v) is 7.15. The summed E-state index contributed by atoms with van der Waals surface area (Å²) >= 11 is 5.33. The molecule has 0 saturated carbocycles. The first-order chi connectivity index (χ1) is 6.06. The van der Waals surface area contributed by atoms with Gasteiger partial charge in [0.15, 0.2) is 0 Å². The number of nitrogens with two attached hydrogens (primary N) is 1. The smallest absolute Gasteiger partial charge is 0.270 e. The van der Waals surface area contributed by atoms with E-state index >= 15 is 0 Å². The van der Waals surface area contributed by atoms with Gasteiger partial charge in [0, 0.05) is 5.69 Å². The van der Waals surface area contributed by atoms with Gasteiger partial charge in [0.25, 0.3) is 6.43 Å². The molecule has 0 aliphatic carbocycles. The third-order valence-corrected chi connectivity index (χ3v) is 1.73. The lowest BCUT2D eigenvalue weighted by molar-refractivity contribution is 0.146. The fraction of sp³-hybridized carbons (Fsp3) is 0.286. The van der Waals surface area contributed by atoms with Gasteiger partial charge in [-0.15, -0.1) is 11.6 Å². The van der Waals surface area contributed by atoms with Crippen molar-refractivity contribution in [3.05, 3.63) is 23.3 Å². The monoisotopic (exact) mass is 210 g/mol. The van der Waals surface area contributed by atoms with Gasteiger partial charge in [-0.25, -0.2) is 13.8 Å². The first kappa shape index (κ1) is 10.1. The highest BCUT2D eigenvalue weighted by molar-refractivity contribution is 6.16. The van der Waals surface area contributed by atoms with Crippen molar-refractivity contribution in [1.29, 1.82) is 0 Å². The third kappa shape index (κ3) is 2.03. The molecule has 0 fully saturated rings. The third-order valence-electron chi connectivity index (χ3n) is 1.45. The standard InChI is InChI=1S/C7H6ClF3N2/c8-2-3-1-4(12)5(6(9)10)7(11)13-3/h1,6H,2H2,(H2,12,13). The topological polar surface area (TPSA) is 38.9 Å². The predicted octanol–water partition coefficient (Wildman–Crippen LogP) is 2.48. The maximum absolute atomic E-state index is 12.8. The number of anilines is 1. The van der Waals surface area contributed by atoms with E-state index in [0.29, 0.717) is 0 Å². The molecule has 6 heteroatoms. The molecule has 0 saturated heterocycles. The van der Waals surface area contributed by atoms with E-state index in [2.05, 4.69) is 4.98 Å². The quantitative estimate of drug-likeness (QED) is 0.602. The van der Waals surface area contributed by atoms with Crippen LogP contribution in [0, 0.1) is 5.95 Å². The number of nitrogens with zero attached hydrogens (tertiary/aromatic N) is 1. The highest BCUT2D eigenvalue weighted by atomic mass is 35.5. The Morgan fingerprint density at radius 3 is 2.54 bits per heavy atom. The van der Waals surface area contributed by atoms with Gasteiger partial charge in [0.05, 0.1) is 17.1 Å². The number of hydrogen-bond acceptors (Lipinski definition) is 2. The van der Waals surface area contributed by atoms with Crippen molar-refractivity contribution in [2.24, 2.45) is 0 Å². The molecule has 1 heterocycles. The minimum atomic E-state index is -2.96. The van der Waals surface area contributed by atoms with E-state index in [1.165, 1.54) is 0 Å². The summed E-state index contributed by atoms with van der Waals surface area (Å²) in [5.74, 6) is -1.32. The second-order valence-electron chi connectivity index (χ2n) is 2.34. The highest BCUT2D eigenvalue weighted by Gasteiger charge is 2.19. The van der Waals surface area contributed by atoms with Crippen molar-refractivity contribution in [3.8, 4) is 0 Å². The average Bonchev–Trinajstić information content (AvgIpc) is 2.02. The van der Waals surface area contributed by atoms with Gasteiger partial charge < -0.3 is 5.73 Å². The first-order valence-corrected chi connectivity index (χ1v) is 3.88. The van der Waals surface area contributed by atoms with Gasteiger partial charge in [-0.1, -0.05) is 0 Å². The van der Waals surface area contributed by atoms with E-state index < -0.39 is 17.9 Å². The molecule has 0 amide bonds. The van der Waals surface area contributed by atoms with Crippen LogP contribution < -0.4 is 5.73 Å². The first-order valence-electron chi connectivity index (χ1n) is 3.35. The molecule has 0 radical (unpaired) electrons. The molecule has 2 nitrogen and oxygen atoms in total. The molecule has 0 bridgehead atoms. The summed E-state index contributed by atoms with van der Waals surface area (Å²) in [5, 5.41) is 0. The molecule has 2 N–H and O–H groups in total. The minimum absolute atomic E-state index is 0.0648. The summed E-state index contributed by atoms with van der Waals surface area (Å²) in [5.41, 5.74) is 4.13. The van der Waals surface area contributed by atoms with Crippen molar-refractivity contribution in [1.82, 2.24) is 4.98 Å². The molecule has 1 rings (SSSR count). The summed E-state index contributed by atoms with van der Waals surface area (Å²) < 4.78 is 37.1. The van der Waals surface area contributed by atoms with Crippen LogP contribution in [0.4, 0.5) is 18.9 Å². The minimum Gasteiger partial charge on any atom is -0.398 e. The van der Waals surface area contributed by atoms with Crippen molar-refractivity contribution in [2.45, 2.75) is 12.3 Å². The lowest BCUT2D eigenvalue weighted by atomic mass is 10.2. The summed E-state index contributed by atoms with van der Waals surface area (Å²) in [4.78, 5) is 3.22. The normalized spacial score (nSPS) is 10.8. The van der Waals surface area contributed by atoms with Gasteiger partial charge in [-0.3, -0.25) is 0 Å². The van der Waals surface area contributed by atoms with Crippen molar-refractivity contribution < 1.29 is 13.2 Å². The Balaban J connectivity index is 3.23. The molecule has 13 heavy (non-hydrogen) atoms. The van der Waals surface area contributed by atoms with E-state index in [1.807, 2.05) is 0 Å². The van der Waals surface area contributed by atoms with Crippen LogP contribution in [0.2, 0.25) is 0 Å². The molecule has 0 spiro atoms. The zero-order valence-electron chi connectivity index (χ0n) is 6.40. The Hall–Kier alpha value is -0.970. The van der Waals surface area contributed by atoms with Gasteiger partial charge in [0.2, 0.25) is 5.95 Å². The number of aromatic nitrogens is 1. The number of alkyl halides is 3. The second kappa shape index (κ2) is 3.83. The molecular formula is C7H6ClF3N2. The van der Waals surface area contributed by atoms with Crippen LogP contribution >= 0.6 is 11.6 Å². The number of halogens is 4.